The van der Waals surface area contributed by atoms with Crippen LogP contribution in [0.1, 0.15) is 0 Å². The van der Waals surface area contributed by atoms with Gasteiger partial charge in [-0.1, -0.05) is 0 Å². The molecule has 0 spiro atoms. The largest absolute Gasteiger partial charge is 0.369 e. The zero-order chi connectivity index (χ0) is 28.9. The summed E-state index contributed by atoms with van der Waals surface area (Å²) >= 11 is 0. The number of rotatable bonds is 3. The van der Waals surface area contributed by atoms with Crippen molar-refractivity contribution in [1.29, 1.82) is 0 Å². The molecule has 3 heterocycles. The van der Waals surface area contributed by atoms with Crippen molar-refractivity contribution in [2.75, 3.05) is 172 Å². The average molecular weight is 589 g/mol. The number of benzene rings is 1. The lowest BCUT2D eigenvalue weighted by molar-refractivity contribution is 0.555. The fourth-order valence-corrected chi connectivity index (χ4v) is 5.71. The minimum Gasteiger partial charge on any atom is -0.369 e. The monoisotopic (exact) mass is 589 g/mol. The lowest BCUT2D eigenvalue weighted by Crippen LogP contribution is -2.43. The van der Waals surface area contributed by atoms with Crippen molar-refractivity contribution in [1.82, 2.24) is 47.9 Å². The smallest absolute Gasteiger partial charge is 0.0408 e. The van der Waals surface area contributed by atoms with Crippen LogP contribution in [0.25, 0.3) is 0 Å². The second-order valence-corrected chi connectivity index (χ2v) is 11.4. The van der Waals surface area contributed by atoms with Gasteiger partial charge < -0.3 is 62.6 Å². The van der Waals surface area contributed by atoms with Gasteiger partial charge >= 0.3 is 0 Å². The lowest BCUT2D eigenvalue weighted by atomic mass is 10.1. The molecule has 240 valence electrons. The fourth-order valence-electron chi connectivity index (χ4n) is 5.71. The molecule has 12 nitrogen and oxygen atoms in total. The first-order chi connectivity index (χ1) is 20.9. The van der Waals surface area contributed by atoms with E-state index >= 15 is 0 Å². The summed E-state index contributed by atoms with van der Waals surface area (Å²) in [6.07, 6.45) is 0. The summed E-state index contributed by atoms with van der Waals surface area (Å²) in [5, 5.41) is 32.4. The van der Waals surface area contributed by atoms with Gasteiger partial charge in [-0.15, -0.1) is 0 Å². The van der Waals surface area contributed by atoms with Crippen LogP contribution in [-0.2, 0) is 0 Å². The molecule has 0 aromatic heterocycles. The van der Waals surface area contributed by atoms with Crippen molar-refractivity contribution in [3.05, 3.63) is 18.2 Å². The van der Waals surface area contributed by atoms with E-state index in [1.165, 1.54) is 17.1 Å². The van der Waals surface area contributed by atoms with Gasteiger partial charge in [-0.05, 0) is 18.2 Å². The Labute approximate surface area is 254 Å². The molecule has 42 heavy (non-hydrogen) atoms. The van der Waals surface area contributed by atoms with Crippen molar-refractivity contribution < 1.29 is 0 Å². The minimum absolute atomic E-state index is 0.985. The standard InChI is InChI=1S/C30H60N12/c1-7-34-13-19-40(20-14-35-8-2-31-1)28-25-29(41-21-15-36-9-3-32-4-10-37-16-22-41)27-30(26-28)42-23-17-38-11-5-33-6-12-39-18-24-42/h25-27,31-39H,1-24H2. The van der Waals surface area contributed by atoms with E-state index in [1.54, 1.807) is 0 Å². The molecule has 3 aliphatic rings. The van der Waals surface area contributed by atoms with Crippen LogP contribution in [0, 0.1) is 0 Å². The molecule has 1 aromatic rings. The fraction of sp³-hybridized carbons (Fsp3) is 0.800. The quantitative estimate of drug-likeness (QED) is 0.185. The summed E-state index contributed by atoms with van der Waals surface area (Å²) in [6.45, 7) is 24.0. The Morgan fingerprint density at radius 2 is 0.429 bits per heavy atom. The number of hydrogen-bond acceptors (Lipinski definition) is 12. The van der Waals surface area contributed by atoms with Gasteiger partial charge in [-0.25, -0.2) is 0 Å². The second-order valence-electron chi connectivity index (χ2n) is 11.4. The van der Waals surface area contributed by atoms with Crippen molar-refractivity contribution in [2.45, 2.75) is 0 Å². The Morgan fingerprint density at radius 1 is 0.262 bits per heavy atom. The van der Waals surface area contributed by atoms with Crippen LogP contribution >= 0.6 is 0 Å². The van der Waals surface area contributed by atoms with Crippen LogP contribution in [0.5, 0.6) is 0 Å². The zero-order valence-electron chi connectivity index (χ0n) is 26.0. The van der Waals surface area contributed by atoms with E-state index < -0.39 is 0 Å². The Morgan fingerprint density at radius 3 is 0.619 bits per heavy atom. The molecular formula is C30H60N12. The van der Waals surface area contributed by atoms with E-state index in [2.05, 4.69) is 80.7 Å². The maximum atomic E-state index is 3.65. The topological polar surface area (TPSA) is 118 Å². The highest BCUT2D eigenvalue weighted by atomic mass is 15.2. The number of hydrogen-bond donors (Lipinski definition) is 9. The third kappa shape index (κ3) is 12.9. The summed E-state index contributed by atoms with van der Waals surface area (Å²) in [6, 6.07) is 7.34. The summed E-state index contributed by atoms with van der Waals surface area (Å²) in [7, 11) is 0. The maximum absolute atomic E-state index is 3.65. The van der Waals surface area contributed by atoms with Crippen LogP contribution in [0.15, 0.2) is 18.2 Å². The predicted octanol–water partition coefficient (Wildman–Crippen LogP) is -2.55. The highest BCUT2D eigenvalue weighted by molar-refractivity contribution is 5.70. The number of nitrogens with one attached hydrogen (secondary N) is 9. The Balaban J connectivity index is 1.59. The van der Waals surface area contributed by atoms with Crippen molar-refractivity contribution in [3.63, 3.8) is 0 Å². The van der Waals surface area contributed by atoms with Crippen LogP contribution in [0.3, 0.4) is 0 Å². The highest BCUT2D eigenvalue weighted by Gasteiger charge is 2.17. The molecule has 3 saturated heterocycles. The molecule has 0 aliphatic carbocycles. The molecule has 3 fully saturated rings. The van der Waals surface area contributed by atoms with Gasteiger partial charge in [0.1, 0.15) is 0 Å². The molecule has 12 heteroatoms. The molecule has 1 aromatic carbocycles. The number of anilines is 3. The molecule has 0 bridgehead atoms. The zero-order valence-corrected chi connectivity index (χ0v) is 26.0. The molecule has 0 unspecified atom stereocenters. The van der Waals surface area contributed by atoms with E-state index in [9.17, 15) is 0 Å². The van der Waals surface area contributed by atoms with Gasteiger partial charge in [0.15, 0.2) is 0 Å². The molecule has 0 radical (unpaired) electrons. The van der Waals surface area contributed by atoms with E-state index in [1.807, 2.05) is 0 Å². The van der Waals surface area contributed by atoms with Crippen LogP contribution in [0.2, 0.25) is 0 Å². The molecule has 0 saturated carbocycles. The van der Waals surface area contributed by atoms with Gasteiger partial charge in [-0.3, -0.25) is 0 Å². The Kier molecular flexibility index (Phi) is 16.6. The molecule has 0 amide bonds. The average Bonchev–Trinajstić information content (AvgIpc) is 2.98. The van der Waals surface area contributed by atoms with Gasteiger partial charge in [0.2, 0.25) is 0 Å². The molecule has 9 N–H and O–H groups in total. The summed E-state index contributed by atoms with van der Waals surface area (Å²) < 4.78 is 0. The van der Waals surface area contributed by atoms with Crippen molar-refractivity contribution in [3.8, 4) is 0 Å². The van der Waals surface area contributed by atoms with E-state index in [0.29, 0.717) is 0 Å². The first-order valence-corrected chi connectivity index (χ1v) is 16.7. The Bertz CT molecular complexity index is 674. The normalized spacial score (nSPS) is 23.3. The first kappa shape index (κ1) is 33.2. The second kappa shape index (κ2) is 21.0. The van der Waals surface area contributed by atoms with Crippen LogP contribution in [0.4, 0.5) is 17.1 Å². The molecule has 3 aliphatic heterocycles. The van der Waals surface area contributed by atoms with Gasteiger partial charge in [-0.2, -0.15) is 0 Å². The van der Waals surface area contributed by atoms with Gasteiger partial charge in [0, 0.05) is 174 Å². The third-order valence-corrected chi connectivity index (χ3v) is 8.21. The van der Waals surface area contributed by atoms with Gasteiger partial charge in [0.05, 0.1) is 0 Å². The SMILES string of the molecule is c1c(N2CCNCCNCCNCC2)cc(N2CCNCCNCCNCC2)cc1N1CCNCCNCCNCC1. The van der Waals surface area contributed by atoms with Gasteiger partial charge in [0.25, 0.3) is 0 Å². The van der Waals surface area contributed by atoms with Crippen molar-refractivity contribution in [2.24, 2.45) is 0 Å². The molecule has 4 rings (SSSR count). The summed E-state index contributed by atoms with van der Waals surface area (Å²) in [4.78, 5) is 7.75. The Hall–Kier alpha value is -1.74. The minimum atomic E-state index is 0.985. The van der Waals surface area contributed by atoms with E-state index in [-0.39, 0.29) is 0 Å². The lowest BCUT2D eigenvalue weighted by Gasteiger charge is -2.33. The first-order valence-electron chi connectivity index (χ1n) is 16.7. The van der Waals surface area contributed by atoms with Crippen molar-refractivity contribution >= 4 is 17.1 Å². The molecule has 0 atom stereocenters. The third-order valence-electron chi connectivity index (χ3n) is 8.21. The van der Waals surface area contributed by atoms with Crippen LogP contribution in [-0.4, -0.2) is 157 Å². The number of nitrogens with zero attached hydrogens (tertiary/aromatic N) is 3. The van der Waals surface area contributed by atoms with E-state index in [0.717, 1.165) is 157 Å². The molecular weight excluding hydrogens is 528 g/mol. The summed E-state index contributed by atoms with van der Waals surface area (Å²) in [5.74, 6) is 0. The summed E-state index contributed by atoms with van der Waals surface area (Å²) in [5.41, 5.74) is 3.98. The highest BCUT2D eigenvalue weighted by Crippen LogP contribution is 2.30. The van der Waals surface area contributed by atoms with E-state index in [4.69, 9.17) is 0 Å². The van der Waals surface area contributed by atoms with Crippen LogP contribution < -0.4 is 62.6 Å². The maximum Gasteiger partial charge on any atom is 0.0408 e. The predicted molar refractivity (Wildman–Crippen MR) is 179 cm³/mol.